The number of hydrogen-bond donors (Lipinski definition) is 3. The van der Waals surface area contributed by atoms with E-state index in [0.717, 1.165) is 25.7 Å². The van der Waals surface area contributed by atoms with Gasteiger partial charge in [-0.15, -0.1) is 0 Å². The van der Waals surface area contributed by atoms with Crippen molar-refractivity contribution in [3.05, 3.63) is 0 Å². The van der Waals surface area contributed by atoms with Crippen molar-refractivity contribution in [2.75, 3.05) is 0 Å². The van der Waals surface area contributed by atoms with Gasteiger partial charge in [0, 0.05) is 6.42 Å². The van der Waals surface area contributed by atoms with E-state index in [-0.39, 0.29) is 29.5 Å². The molecule has 4 fully saturated rings. The quantitative estimate of drug-likeness (QED) is 0.148. The number of aliphatic hydroxyl groups excluding tert-OH is 2. The van der Waals surface area contributed by atoms with Crippen molar-refractivity contribution in [1.29, 1.82) is 0 Å². The Balaban J connectivity index is 1.32. The molecular weight excluding hydrogens is 520 g/mol. The molecule has 0 saturated heterocycles. The predicted molar refractivity (Wildman–Crippen MR) is 173 cm³/mol. The second-order valence-electron chi connectivity index (χ2n) is 16.3. The summed E-state index contributed by atoms with van der Waals surface area (Å²) in [5, 5.41) is 32.0. The topological polar surface area (TPSA) is 77.8 Å². The summed E-state index contributed by atoms with van der Waals surface area (Å²) in [7, 11) is 0. The van der Waals surface area contributed by atoms with Crippen LogP contribution in [0.2, 0.25) is 0 Å². The van der Waals surface area contributed by atoms with Crippen LogP contribution in [0, 0.1) is 52.3 Å². The summed E-state index contributed by atoms with van der Waals surface area (Å²) < 4.78 is 0. The van der Waals surface area contributed by atoms with Gasteiger partial charge in [-0.3, -0.25) is 4.79 Å². The van der Waals surface area contributed by atoms with E-state index in [2.05, 4.69) is 27.7 Å². The van der Waals surface area contributed by atoms with Gasteiger partial charge in [0.2, 0.25) is 0 Å². The summed E-state index contributed by atoms with van der Waals surface area (Å²) in [5.41, 5.74) is 0.456. The van der Waals surface area contributed by atoms with Crippen molar-refractivity contribution in [2.24, 2.45) is 52.3 Å². The monoisotopic (exact) mass is 589 g/mol. The molecule has 4 aliphatic rings. The largest absolute Gasteiger partial charge is 0.481 e. The standard InChI is InChI=1S/C38H68O4/c1-5-6-7-8-9-10-11-12-13-14-15-16-17-28-24-30(39)25-29-26-34(40)36-32-20-19-31(27(2)18-21-35(41)42)37(32,3)23-22-33(36)38(28,29)4/h27-34,36,39-40H,5-26H2,1-4H3,(H,41,42)/t27-,28?,29?,30+,31-,32?,33?,34+,36?,37-,38+/m1/s1. The number of aliphatic carboxylic acids is 1. The number of aliphatic hydroxyl groups is 2. The molecule has 0 aromatic carbocycles. The van der Waals surface area contributed by atoms with Crippen molar-refractivity contribution in [2.45, 2.75) is 181 Å². The molecule has 42 heavy (non-hydrogen) atoms. The number of rotatable bonds is 17. The van der Waals surface area contributed by atoms with Gasteiger partial charge in [-0.2, -0.15) is 0 Å². The minimum atomic E-state index is -0.675. The molecule has 0 radical (unpaired) electrons. The van der Waals surface area contributed by atoms with E-state index in [1.165, 1.54) is 109 Å². The van der Waals surface area contributed by atoms with Gasteiger partial charge < -0.3 is 15.3 Å². The van der Waals surface area contributed by atoms with Crippen molar-refractivity contribution in [3.63, 3.8) is 0 Å². The number of hydrogen-bond acceptors (Lipinski definition) is 3. The normalized spacial score (nSPS) is 40.2. The Hall–Kier alpha value is -0.610. The van der Waals surface area contributed by atoms with Gasteiger partial charge in [0.1, 0.15) is 0 Å². The first-order valence-electron chi connectivity index (χ1n) is 18.7. The number of unbranched alkanes of at least 4 members (excludes halogenated alkanes) is 11. The smallest absolute Gasteiger partial charge is 0.303 e. The molecule has 0 aliphatic heterocycles. The highest BCUT2D eigenvalue weighted by molar-refractivity contribution is 5.66. The minimum absolute atomic E-state index is 0.200. The maximum atomic E-state index is 11.7. The molecule has 0 amide bonds. The van der Waals surface area contributed by atoms with Crippen LogP contribution in [0.15, 0.2) is 0 Å². The number of fused-ring (bicyclic) bond motifs is 5. The van der Waals surface area contributed by atoms with Crippen LogP contribution in [0.5, 0.6) is 0 Å². The Bertz CT molecular complexity index is 828. The lowest BCUT2D eigenvalue weighted by Gasteiger charge is -2.64. The van der Waals surface area contributed by atoms with Crippen LogP contribution in [0.1, 0.15) is 169 Å². The first-order chi connectivity index (χ1) is 20.1. The maximum absolute atomic E-state index is 11.7. The van der Waals surface area contributed by atoms with Gasteiger partial charge in [-0.1, -0.05) is 105 Å². The van der Waals surface area contributed by atoms with E-state index in [0.29, 0.717) is 41.4 Å². The van der Waals surface area contributed by atoms with Gasteiger partial charge >= 0.3 is 5.97 Å². The van der Waals surface area contributed by atoms with Gasteiger partial charge in [0.15, 0.2) is 0 Å². The minimum Gasteiger partial charge on any atom is -0.481 e. The van der Waals surface area contributed by atoms with Gasteiger partial charge in [-0.05, 0) is 110 Å². The van der Waals surface area contributed by atoms with Crippen molar-refractivity contribution in [3.8, 4) is 0 Å². The van der Waals surface area contributed by atoms with Crippen molar-refractivity contribution < 1.29 is 20.1 Å². The molecule has 0 spiro atoms. The Kier molecular flexibility index (Phi) is 12.7. The molecule has 4 aliphatic carbocycles. The van der Waals surface area contributed by atoms with E-state index >= 15 is 0 Å². The zero-order chi connectivity index (χ0) is 30.3. The molecule has 3 N–H and O–H groups in total. The summed E-state index contributed by atoms with van der Waals surface area (Å²) in [6, 6.07) is 0. The van der Waals surface area contributed by atoms with Crippen LogP contribution in [-0.2, 0) is 4.79 Å². The number of carbonyl (C=O) groups is 1. The Morgan fingerprint density at radius 3 is 2.05 bits per heavy atom. The van der Waals surface area contributed by atoms with E-state index in [1.807, 2.05) is 0 Å². The fourth-order valence-corrected chi connectivity index (χ4v) is 11.6. The number of carboxylic acids is 1. The third kappa shape index (κ3) is 7.60. The Morgan fingerprint density at radius 2 is 1.43 bits per heavy atom. The molecule has 0 aromatic rings. The molecule has 0 heterocycles. The van der Waals surface area contributed by atoms with Crippen LogP contribution < -0.4 is 0 Å². The van der Waals surface area contributed by atoms with Gasteiger partial charge in [0.05, 0.1) is 12.2 Å². The summed E-state index contributed by atoms with van der Waals surface area (Å²) in [4.78, 5) is 11.3. The first-order valence-corrected chi connectivity index (χ1v) is 18.7. The van der Waals surface area contributed by atoms with Crippen molar-refractivity contribution in [1.82, 2.24) is 0 Å². The van der Waals surface area contributed by atoms with Crippen LogP contribution in [-0.4, -0.2) is 33.5 Å². The average Bonchev–Trinajstić information content (AvgIpc) is 3.30. The Morgan fingerprint density at radius 1 is 0.810 bits per heavy atom. The molecule has 4 saturated carbocycles. The zero-order valence-electron chi connectivity index (χ0n) is 28.0. The van der Waals surface area contributed by atoms with E-state index in [1.54, 1.807) is 0 Å². The van der Waals surface area contributed by atoms with Gasteiger partial charge in [0.25, 0.3) is 0 Å². The second-order valence-corrected chi connectivity index (χ2v) is 16.3. The predicted octanol–water partition coefficient (Wildman–Crippen LogP) is 9.80. The van der Waals surface area contributed by atoms with E-state index in [4.69, 9.17) is 0 Å². The van der Waals surface area contributed by atoms with Crippen LogP contribution in [0.4, 0.5) is 0 Å². The highest BCUT2D eigenvalue weighted by Gasteiger charge is 2.64. The summed E-state index contributed by atoms with van der Waals surface area (Å²) >= 11 is 0. The first kappa shape index (κ1) is 34.3. The van der Waals surface area contributed by atoms with Crippen LogP contribution in [0.25, 0.3) is 0 Å². The maximum Gasteiger partial charge on any atom is 0.303 e. The molecule has 4 rings (SSSR count). The average molecular weight is 589 g/mol. The third-order valence-corrected chi connectivity index (χ3v) is 14.0. The molecule has 11 atom stereocenters. The highest BCUT2D eigenvalue weighted by Crippen LogP contribution is 2.69. The SMILES string of the molecule is CCCCCCCCCCCCCCC1C[C@H](O)CC2C[C@H](O)C3C(CC[C@@]4(C)C3CC[C@@H]4[C@H](C)CCC(=O)O)[C@@]12C. The summed E-state index contributed by atoms with van der Waals surface area (Å²) in [6.45, 7) is 9.66. The van der Waals surface area contributed by atoms with Crippen LogP contribution in [0.3, 0.4) is 0 Å². The molecule has 0 bridgehead atoms. The summed E-state index contributed by atoms with van der Waals surface area (Å²) in [6.07, 6.45) is 26.0. The second kappa shape index (κ2) is 15.6. The molecule has 4 heteroatoms. The number of carboxylic acid groups (broad SMARTS) is 1. The fourth-order valence-electron chi connectivity index (χ4n) is 11.6. The highest BCUT2D eigenvalue weighted by atomic mass is 16.4. The molecule has 5 unspecified atom stereocenters. The zero-order valence-corrected chi connectivity index (χ0v) is 28.0. The van der Waals surface area contributed by atoms with E-state index in [9.17, 15) is 20.1 Å². The van der Waals surface area contributed by atoms with Crippen molar-refractivity contribution >= 4 is 5.97 Å². The molecule has 244 valence electrons. The summed E-state index contributed by atoms with van der Waals surface area (Å²) in [5.74, 6) is 2.84. The lowest BCUT2D eigenvalue weighted by molar-refractivity contribution is -0.196. The Labute approximate surface area is 259 Å². The third-order valence-electron chi connectivity index (χ3n) is 14.0. The van der Waals surface area contributed by atoms with Crippen LogP contribution >= 0.6 is 0 Å². The lowest BCUT2D eigenvalue weighted by Crippen LogP contribution is -2.61. The fraction of sp³-hybridized carbons (Fsp3) is 0.974. The molecular formula is C38H68O4. The molecule has 0 aromatic heterocycles. The van der Waals surface area contributed by atoms with E-state index < -0.39 is 5.97 Å². The lowest BCUT2D eigenvalue weighted by atomic mass is 9.41. The van der Waals surface area contributed by atoms with Gasteiger partial charge in [-0.25, -0.2) is 0 Å². The molecule has 4 nitrogen and oxygen atoms in total.